The van der Waals surface area contributed by atoms with Crippen LogP contribution in [-0.4, -0.2) is 24.6 Å². The Balaban J connectivity index is 2.10. The van der Waals surface area contributed by atoms with Gasteiger partial charge in [-0.25, -0.2) is 0 Å². The fraction of sp³-hybridized carbons (Fsp3) is 0.600. The van der Waals surface area contributed by atoms with Crippen LogP contribution >= 0.6 is 0 Å². The van der Waals surface area contributed by atoms with Crippen LogP contribution in [0.5, 0.6) is 5.75 Å². The van der Waals surface area contributed by atoms with Crippen LogP contribution in [-0.2, 0) is 6.54 Å². The molecule has 0 unspecified atom stereocenters. The molecule has 1 aliphatic rings. The molecule has 3 nitrogen and oxygen atoms in total. The first-order valence-corrected chi connectivity index (χ1v) is 6.91. The molecule has 1 aromatic carbocycles. The topological polar surface area (TPSA) is 38.5 Å². The Morgan fingerprint density at radius 3 is 2.67 bits per heavy atom. The molecule has 0 saturated heterocycles. The molecule has 0 aromatic heterocycles. The van der Waals surface area contributed by atoms with Crippen LogP contribution in [0.1, 0.15) is 38.2 Å². The zero-order chi connectivity index (χ0) is 13.0. The van der Waals surface area contributed by atoms with Crippen molar-refractivity contribution >= 4 is 5.69 Å². The normalized spacial score (nSPS) is 16.4. The molecule has 1 saturated carbocycles. The Morgan fingerprint density at radius 2 is 2.06 bits per heavy atom. The van der Waals surface area contributed by atoms with E-state index >= 15 is 0 Å². The van der Waals surface area contributed by atoms with Crippen LogP contribution in [0, 0.1) is 0 Å². The van der Waals surface area contributed by atoms with Crippen LogP contribution in [0.15, 0.2) is 18.2 Å². The van der Waals surface area contributed by atoms with Gasteiger partial charge in [0.15, 0.2) is 0 Å². The molecule has 0 bridgehead atoms. The number of methoxy groups -OCH3 is 1. The Bertz CT molecular complexity index is 386. The van der Waals surface area contributed by atoms with Gasteiger partial charge in [0.05, 0.1) is 7.11 Å². The first-order chi connectivity index (χ1) is 8.74. The van der Waals surface area contributed by atoms with E-state index in [1.165, 1.54) is 31.2 Å². The lowest BCUT2D eigenvalue weighted by Crippen LogP contribution is -2.32. The molecule has 2 N–H and O–H groups in total. The number of hydrogen-bond acceptors (Lipinski definition) is 3. The molecular weight excluding hydrogens is 224 g/mol. The Labute approximate surface area is 110 Å². The molecule has 1 fully saturated rings. The maximum Gasteiger partial charge on any atom is 0.125 e. The number of anilines is 1. The zero-order valence-corrected chi connectivity index (χ0v) is 11.5. The van der Waals surface area contributed by atoms with Gasteiger partial charge in [-0.1, -0.05) is 25.8 Å². The third-order valence-corrected chi connectivity index (χ3v) is 3.93. The lowest BCUT2D eigenvalue weighted by atomic mass is 10.1. The average Bonchev–Trinajstić information content (AvgIpc) is 2.91. The van der Waals surface area contributed by atoms with E-state index in [-0.39, 0.29) is 0 Å². The summed E-state index contributed by atoms with van der Waals surface area (Å²) >= 11 is 0. The molecule has 100 valence electrons. The second-order valence-corrected chi connectivity index (χ2v) is 5.07. The highest BCUT2D eigenvalue weighted by atomic mass is 16.5. The highest BCUT2D eigenvalue weighted by Gasteiger charge is 2.22. The van der Waals surface area contributed by atoms with Crippen LogP contribution in [0.4, 0.5) is 5.69 Å². The second-order valence-electron chi connectivity index (χ2n) is 5.07. The Hall–Kier alpha value is -1.22. The molecule has 0 aliphatic heterocycles. The number of nitrogens with zero attached hydrogens (tertiary/aromatic N) is 1. The van der Waals surface area contributed by atoms with Gasteiger partial charge in [0.25, 0.3) is 0 Å². The highest BCUT2D eigenvalue weighted by Crippen LogP contribution is 2.28. The second kappa shape index (κ2) is 6.10. The summed E-state index contributed by atoms with van der Waals surface area (Å²) in [6.07, 6.45) is 5.43. The third kappa shape index (κ3) is 2.96. The van der Waals surface area contributed by atoms with E-state index in [0.717, 1.165) is 30.6 Å². The molecule has 0 amide bonds. The number of rotatable bonds is 5. The summed E-state index contributed by atoms with van der Waals surface area (Å²) in [6, 6.07) is 6.71. The zero-order valence-electron chi connectivity index (χ0n) is 11.5. The predicted molar refractivity (Wildman–Crippen MR) is 75.7 cm³/mol. The molecule has 18 heavy (non-hydrogen) atoms. The van der Waals surface area contributed by atoms with Crippen molar-refractivity contribution < 1.29 is 4.74 Å². The minimum Gasteiger partial charge on any atom is -0.496 e. The van der Waals surface area contributed by atoms with Gasteiger partial charge < -0.3 is 10.5 Å². The largest absolute Gasteiger partial charge is 0.496 e. The lowest BCUT2D eigenvalue weighted by molar-refractivity contribution is 0.198. The summed E-state index contributed by atoms with van der Waals surface area (Å²) in [5.41, 5.74) is 7.79. The molecule has 1 aliphatic carbocycles. The first-order valence-electron chi connectivity index (χ1n) is 6.91. The van der Waals surface area contributed by atoms with Crippen LogP contribution in [0.3, 0.4) is 0 Å². The van der Waals surface area contributed by atoms with Gasteiger partial charge in [0.2, 0.25) is 0 Å². The molecule has 2 rings (SSSR count). The minimum absolute atomic E-state index is 0.747. The summed E-state index contributed by atoms with van der Waals surface area (Å²) in [6.45, 7) is 4.30. The van der Waals surface area contributed by atoms with Gasteiger partial charge >= 0.3 is 0 Å². The summed E-state index contributed by atoms with van der Waals surface area (Å²) in [5, 5.41) is 0. The van der Waals surface area contributed by atoms with E-state index in [1.54, 1.807) is 7.11 Å². The maximum absolute atomic E-state index is 5.79. The predicted octanol–water partition coefficient (Wildman–Crippen LogP) is 3.04. The van der Waals surface area contributed by atoms with Gasteiger partial charge in [0, 0.05) is 29.9 Å². The summed E-state index contributed by atoms with van der Waals surface area (Å²) < 4.78 is 5.43. The number of ether oxygens (including phenoxy) is 1. The quantitative estimate of drug-likeness (QED) is 0.814. The molecular formula is C15H24N2O. The number of hydrogen-bond donors (Lipinski definition) is 1. The minimum atomic E-state index is 0.747. The number of nitrogens with two attached hydrogens (primary N) is 1. The van der Waals surface area contributed by atoms with Gasteiger partial charge in [-0.05, 0) is 25.5 Å². The van der Waals surface area contributed by atoms with Crippen molar-refractivity contribution in [1.82, 2.24) is 4.90 Å². The average molecular weight is 248 g/mol. The van der Waals surface area contributed by atoms with E-state index in [1.807, 2.05) is 12.1 Å². The fourth-order valence-electron chi connectivity index (χ4n) is 2.88. The van der Waals surface area contributed by atoms with Crippen LogP contribution in [0.25, 0.3) is 0 Å². The van der Waals surface area contributed by atoms with Crippen molar-refractivity contribution in [2.24, 2.45) is 0 Å². The monoisotopic (exact) mass is 248 g/mol. The van der Waals surface area contributed by atoms with Crippen molar-refractivity contribution in [2.75, 3.05) is 19.4 Å². The molecule has 1 aromatic rings. The third-order valence-electron chi connectivity index (χ3n) is 3.93. The summed E-state index contributed by atoms with van der Waals surface area (Å²) in [5.74, 6) is 0.909. The van der Waals surface area contributed by atoms with Gasteiger partial charge in [-0.15, -0.1) is 0 Å². The Morgan fingerprint density at radius 1 is 1.33 bits per heavy atom. The van der Waals surface area contributed by atoms with E-state index in [2.05, 4.69) is 17.9 Å². The van der Waals surface area contributed by atoms with Crippen LogP contribution in [0.2, 0.25) is 0 Å². The van der Waals surface area contributed by atoms with Crippen molar-refractivity contribution in [2.45, 2.75) is 45.2 Å². The van der Waals surface area contributed by atoms with Crippen molar-refractivity contribution in [1.29, 1.82) is 0 Å². The Kier molecular flexibility index (Phi) is 4.48. The van der Waals surface area contributed by atoms with Crippen molar-refractivity contribution in [3.8, 4) is 5.75 Å². The standard InChI is InChI=1S/C15H24N2O/c1-3-17(14-6-4-5-7-14)11-12-8-9-13(16)10-15(12)18-2/h8-10,14H,3-7,11,16H2,1-2H3. The lowest BCUT2D eigenvalue weighted by Gasteiger charge is -2.28. The summed E-state index contributed by atoms with van der Waals surface area (Å²) in [7, 11) is 1.71. The molecule has 3 heteroatoms. The van der Waals surface area contributed by atoms with Crippen LogP contribution < -0.4 is 10.5 Å². The first kappa shape index (κ1) is 13.2. The van der Waals surface area contributed by atoms with E-state index < -0.39 is 0 Å². The van der Waals surface area contributed by atoms with Gasteiger partial charge in [-0.2, -0.15) is 0 Å². The number of benzene rings is 1. The van der Waals surface area contributed by atoms with E-state index in [0.29, 0.717) is 0 Å². The summed E-state index contributed by atoms with van der Waals surface area (Å²) in [4.78, 5) is 2.56. The maximum atomic E-state index is 5.79. The van der Waals surface area contributed by atoms with Gasteiger partial charge in [0.1, 0.15) is 5.75 Å². The van der Waals surface area contributed by atoms with E-state index in [9.17, 15) is 0 Å². The smallest absolute Gasteiger partial charge is 0.125 e. The molecule has 0 heterocycles. The fourth-order valence-corrected chi connectivity index (χ4v) is 2.88. The highest BCUT2D eigenvalue weighted by molar-refractivity contribution is 5.48. The molecule has 0 atom stereocenters. The van der Waals surface area contributed by atoms with Gasteiger partial charge in [-0.3, -0.25) is 4.90 Å². The molecule has 0 radical (unpaired) electrons. The van der Waals surface area contributed by atoms with Crippen molar-refractivity contribution in [3.05, 3.63) is 23.8 Å². The van der Waals surface area contributed by atoms with Crippen molar-refractivity contribution in [3.63, 3.8) is 0 Å². The number of nitrogen functional groups attached to an aromatic ring is 1. The SMILES string of the molecule is CCN(Cc1ccc(N)cc1OC)C1CCCC1. The van der Waals surface area contributed by atoms with E-state index in [4.69, 9.17) is 10.5 Å². The molecule has 0 spiro atoms.